The zero-order valence-electron chi connectivity index (χ0n) is 10.8. The molecule has 0 amide bonds. The number of nitrogens with zero attached hydrogens (tertiary/aromatic N) is 4. The van der Waals surface area contributed by atoms with E-state index < -0.39 is 17.4 Å². The molecule has 0 aliphatic heterocycles. The van der Waals surface area contributed by atoms with Gasteiger partial charge in [-0.15, -0.1) is 0 Å². The van der Waals surface area contributed by atoms with Crippen molar-refractivity contribution in [3.63, 3.8) is 0 Å². The van der Waals surface area contributed by atoms with Crippen LogP contribution in [0.5, 0.6) is 0 Å². The summed E-state index contributed by atoms with van der Waals surface area (Å²) >= 11 is 0. The van der Waals surface area contributed by atoms with E-state index in [1.54, 1.807) is 25.5 Å². The molecule has 2 aromatic heterocycles. The maximum Gasteiger partial charge on any atom is 0.332 e. The van der Waals surface area contributed by atoms with Crippen molar-refractivity contribution in [2.24, 2.45) is 14.1 Å². The minimum absolute atomic E-state index is 0.291. The Morgan fingerprint density at radius 2 is 1.83 bits per heavy atom. The summed E-state index contributed by atoms with van der Waals surface area (Å²) in [7, 11) is 2.99. The van der Waals surface area contributed by atoms with Gasteiger partial charge in [-0.2, -0.15) is 0 Å². The lowest BCUT2D eigenvalue weighted by Crippen LogP contribution is -2.38. The van der Waals surface area contributed by atoms with Crippen LogP contribution in [0.4, 0.5) is 0 Å². The molecule has 2 rings (SSSR count). The van der Waals surface area contributed by atoms with E-state index in [4.69, 9.17) is 0 Å². The van der Waals surface area contributed by atoms with E-state index in [0.717, 1.165) is 4.57 Å². The highest BCUT2D eigenvalue weighted by Crippen LogP contribution is 2.15. The molecule has 7 nitrogen and oxygen atoms in total. The van der Waals surface area contributed by atoms with Gasteiger partial charge in [0, 0.05) is 14.1 Å². The third kappa shape index (κ3) is 1.59. The van der Waals surface area contributed by atoms with Gasteiger partial charge in [-0.3, -0.25) is 13.9 Å². The molecule has 7 heteroatoms. The van der Waals surface area contributed by atoms with E-state index in [1.165, 1.54) is 17.9 Å². The van der Waals surface area contributed by atoms with Crippen LogP contribution in [0.1, 0.15) is 19.9 Å². The number of aryl methyl sites for hydroxylation is 1. The molecule has 0 radical (unpaired) electrons. The lowest BCUT2D eigenvalue weighted by Gasteiger charge is -2.17. The molecular weight excluding hydrogens is 236 g/mol. The molecule has 0 saturated heterocycles. The summed E-state index contributed by atoms with van der Waals surface area (Å²) in [4.78, 5) is 27.9. The molecular formula is C11H16N4O3. The second-order valence-electron chi connectivity index (χ2n) is 4.51. The molecule has 1 N–H and O–H groups in total. The molecule has 0 aliphatic rings. The Hall–Kier alpha value is -1.89. The van der Waals surface area contributed by atoms with Crippen LogP contribution >= 0.6 is 0 Å². The first-order valence-corrected chi connectivity index (χ1v) is 5.67. The van der Waals surface area contributed by atoms with Gasteiger partial charge in [-0.1, -0.05) is 0 Å². The summed E-state index contributed by atoms with van der Waals surface area (Å²) in [5.41, 5.74) is -0.163. The van der Waals surface area contributed by atoms with Crippen molar-refractivity contribution in [3.05, 3.63) is 27.2 Å². The highest BCUT2D eigenvalue weighted by Gasteiger charge is 2.19. The molecule has 0 spiro atoms. The van der Waals surface area contributed by atoms with Crippen LogP contribution in [0, 0.1) is 0 Å². The summed E-state index contributed by atoms with van der Waals surface area (Å²) in [6, 6.07) is -0.291. The fourth-order valence-electron chi connectivity index (χ4n) is 1.91. The number of hydrogen-bond donors (Lipinski definition) is 1. The van der Waals surface area contributed by atoms with E-state index in [0.29, 0.717) is 11.2 Å². The predicted octanol–water partition coefficient (Wildman–Crippen LogP) is -0.625. The molecule has 2 aromatic rings. The minimum atomic E-state index is -0.621. The third-order valence-corrected chi connectivity index (χ3v) is 3.31. The lowest BCUT2D eigenvalue weighted by molar-refractivity contribution is 0.141. The quantitative estimate of drug-likeness (QED) is 0.772. The first kappa shape index (κ1) is 12.6. The third-order valence-electron chi connectivity index (χ3n) is 3.31. The summed E-state index contributed by atoms with van der Waals surface area (Å²) in [6.45, 7) is 3.43. The Morgan fingerprint density at radius 3 is 2.39 bits per heavy atom. The molecule has 2 heterocycles. The number of imidazole rings is 1. The highest BCUT2D eigenvalue weighted by atomic mass is 16.3. The van der Waals surface area contributed by atoms with Crippen LogP contribution in [-0.2, 0) is 14.1 Å². The van der Waals surface area contributed by atoms with Crippen LogP contribution in [0.2, 0.25) is 0 Å². The van der Waals surface area contributed by atoms with Crippen molar-refractivity contribution in [1.82, 2.24) is 18.7 Å². The maximum atomic E-state index is 12.1. The fourth-order valence-corrected chi connectivity index (χ4v) is 1.91. The summed E-state index contributed by atoms with van der Waals surface area (Å²) in [6.07, 6.45) is 0.854. The SMILES string of the molecule is CC(O)C(C)n1cnc2c1c(=O)n(C)c(=O)n2C. The molecule has 0 bridgehead atoms. The van der Waals surface area contributed by atoms with E-state index in [2.05, 4.69) is 4.98 Å². The smallest absolute Gasteiger partial charge is 0.332 e. The lowest BCUT2D eigenvalue weighted by atomic mass is 10.2. The second kappa shape index (κ2) is 4.09. The number of hydrogen-bond acceptors (Lipinski definition) is 4. The topological polar surface area (TPSA) is 82.1 Å². The first-order chi connectivity index (χ1) is 8.36. The average molecular weight is 252 g/mol. The van der Waals surface area contributed by atoms with Gasteiger partial charge in [-0.25, -0.2) is 9.78 Å². The van der Waals surface area contributed by atoms with E-state index >= 15 is 0 Å². The monoisotopic (exact) mass is 252 g/mol. The molecule has 0 aromatic carbocycles. The van der Waals surface area contributed by atoms with Crippen molar-refractivity contribution in [2.45, 2.75) is 26.0 Å². The average Bonchev–Trinajstić information content (AvgIpc) is 2.77. The van der Waals surface area contributed by atoms with Crippen molar-refractivity contribution in [1.29, 1.82) is 0 Å². The zero-order valence-corrected chi connectivity index (χ0v) is 10.8. The number of aliphatic hydroxyl groups excluding tert-OH is 1. The van der Waals surface area contributed by atoms with Gasteiger partial charge in [0.25, 0.3) is 5.56 Å². The van der Waals surface area contributed by atoms with Gasteiger partial charge in [0.1, 0.15) is 0 Å². The minimum Gasteiger partial charge on any atom is -0.391 e. The molecule has 0 fully saturated rings. The fraction of sp³-hybridized carbons (Fsp3) is 0.545. The van der Waals surface area contributed by atoms with Crippen molar-refractivity contribution in [2.75, 3.05) is 0 Å². The molecule has 2 atom stereocenters. The van der Waals surface area contributed by atoms with Crippen molar-refractivity contribution in [3.8, 4) is 0 Å². The van der Waals surface area contributed by atoms with E-state index in [-0.39, 0.29) is 6.04 Å². The van der Waals surface area contributed by atoms with E-state index in [1.807, 2.05) is 0 Å². The number of fused-ring (bicyclic) bond motifs is 1. The van der Waals surface area contributed by atoms with E-state index in [9.17, 15) is 14.7 Å². The van der Waals surface area contributed by atoms with Gasteiger partial charge >= 0.3 is 5.69 Å². The Balaban J connectivity index is 2.90. The zero-order chi connectivity index (χ0) is 13.6. The van der Waals surface area contributed by atoms with Crippen LogP contribution in [0.3, 0.4) is 0 Å². The molecule has 2 unspecified atom stereocenters. The largest absolute Gasteiger partial charge is 0.391 e. The standard InChI is InChI=1S/C11H16N4O3/c1-6(7(2)16)15-5-12-9-8(15)10(17)14(4)11(18)13(9)3/h5-7,16H,1-4H3. The van der Waals surface area contributed by atoms with Crippen LogP contribution in [-0.4, -0.2) is 29.9 Å². The molecule has 0 saturated carbocycles. The van der Waals surface area contributed by atoms with Crippen molar-refractivity contribution >= 4 is 11.2 Å². The number of aliphatic hydroxyl groups is 1. The van der Waals surface area contributed by atoms with Gasteiger partial charge in [0.2, 0.25) is 0 Å². The summed E-state index contributed by atoms with van der Waals surface area (Å²) in [5.74, 6) is 0. The molecule has 18 heavy (non-hydrogen) atoms. The summed E-state index contributed by atoms with van der Waals surface area (Å²) < 4.78 is 3.96. The Morgan fingerprint density at radius 1 is 1.22 bits per heavy atom. The van der Waals surface area contributed by atoms with Crippen molar-refractivity contribution < 1.29 is 5.11 Å². The first-order valence-electron chi connectivity index (χ1n) is 5.67. The van der Waals surface area contributed by atoms with Gasteiger partial charge in [-0.05, 0) is 13.8 Å². The normalized spacial score (nSPS) is 14.9. The predicted molar refractivity (Wildman–Crippen MR) is 66.6 cm³/mol. The Kier molecular flexibility index (Phi) is 2.86. The summed E-state index contributed by atoms with van der Waals surface area (Å²) in [5, 5.41) is 9.61. The van der Waals surface area contributed by atoms with Crippen LogP contribution < -0.4 is 11.2 Å². The Labute approximate surface area is 103 Å². The molecule has 0 aliphatic carbocycles. The van der Waals surface area contributed by atoms with Crippen LogP contribution in [0.15, 0.2) is 15.9 Å². The second-order valence-corrected chi connectivity index (χ2v) is 4.51. The Bertz CT molecular complexity index is 707. The highest BCUT2D eigenvalue weighted by molar-refractivity contribution is 5.70. The van der Waals surface area contributed by atoms with Gasteiger partial charge < -0.3 is 9.67 Å². The molecule has 98 valence electrons. The van der Waals surface area contributed by atoms with Crippen LogP contribution in [0.25, 0.3) is 11.2 Å². The number of rotatable bonds is 2. The maximum absolute atomic E-state index is 12.1. The van der Waals surface area contributed by atoms with Gasteiger partial charge in [0.05, 0.1) is 18.5 Å². The number of aromatic nitrogens is 4. The van der Waals surface area contributed by atoms with Gasteiger partial charge in [0.15, 0.2) is 11.2 Å².